The molecule has 1 N–H and O–H groups in total. The van der Waals surface area contributed by atoms with E-state index >= 15 is 0 Å². The lowest BCUT2D eigenvalue weighted by Crippen LogP contribution is -2.29. The summed E-state index contributed by atoms with van der Waals surface area (Å²) in [4.78, 5) is 11.6. The monoisotopic (exact) mass is 428 g/mol. The van der Waals surface area contributed by atoms with E-state index in [1.54, 1.807) is 0 Å². The van der Waals surface area contributed by atoms with Crippen molar-refractivity contribution in [1.82, 2.24) is 0 Å². The van der Waals surface area contributed by atoms with Crippen molar-refractivity contribution >= 4 is 5.97 Å². The summed E-state index contributed by atoms with van der Waals surface area (Å²) in [5.41, 5.74) is 0. The smallest absolute Gasteiger partial charge is 0.305 e. The third kappa shape index (κ3) is 19.4. The number of rotatable bonds is 23. The van der Waals surface area contributed by atoms with Crippen LogP contribution in [0.2, 0.25) is 0 Å². The Labute approximate surface area is 187 Å². The lowest BCUT2D eigenvalue weighted by molar-refractivity contribution is -0.143. The summed E-state index contributed by atoms with van der Waals surface area (Å²) in [7, 11) is 0. The molecule has 0 rings (SSSR count). The fourth-order valence-electron chi connectivity index (χ4n) is 3.63. The number of unbranched alkanes of at least 4 members (excludes halogenated alkanes) is 11. The molecule has 0 fully saturated rings. The minimum Gasteiger partial charge on any atom is -0.466 e. The first kappa shape index (κ1) is 29.4. The first-order chi connectivity index (χ1) is 14.7. The summed E-state index contributed by atoms with van der Waals surface area (Å²) in [6, 6.07) is 0. The Kier molecular flexibility index (Phi) is 22.6. The Balaban J connectivity index is 3.85. The quantitative estimate of drug-likeness (QED) is 0.136. The number of ether oxygens (including phenoxy) is 2. The highest BCUT2D eigenvalue weighted by molar-refractivity contribution is 5.69. The lowest BCUT2D eigenvalue weighted by Gasteiger charge is -2.23. The van der Waals surface area contributed by atoms with Gasteiger partial charge in [0.1, 0.15) is 0 Å². The van der Waals surface area contributed by atoms with Gasteiger partial charge in [-0.2, -0.15) is 0 Å². The molecule has 0 aliphatic heterocycles. The molecule has 0 aromatic carbocycles. The predicted octanol–water partition coefficient (Wildman–Crippen LogP) is 7.36. The molecule has 180 valence electrons. The van der Waals surface area contributed by atoms with E-state index in [2.05, 4.69) is 20.8 Å². The van der Waals surface area contributed by atoms with Gasteiger partial charge in [-0.1, -0.05) is 97.8 Å². The average molecular weight is 429 g/mol. The third-order valence-corrected chi connectivity index (χ3v) is 5.74. The molecule has 0 aromatic rings. The zero-order valence-corrected chi connectivity index (χ0v) is 20.5. The molecule has 4 heteroatoms. The van der Waals surface area contributed by atoms with E-state index in [4.69, 9.17) is 9.47 Å². The van der Waals surface area contributed by atoms with Crippen molar-refractivity contribution in [2.24, 2.45) is 0 Å². The molecule has 0 saturated heterocycles. The number of carbonyl (C=O) groups is 1. The molecule has 4 nitrogen and oxygen atoms in total. The van der Waals surface area contributed by atoms with E-state index < -0.39 is 0 Å². The van der Waals surface area contributed by atoms with Crippen LogP contribution in [0.5, 0.6) is 0 Å². The van der Waals surface area contributed by atoms with Crippen LogP contribution in [0.1, 0.15) is 136 Å². The summed E-state index contributed by atoms with van der Waals surface area (Å²) in [6.07, 6.45) is 19.1. The zero-order valence-electron chi connectivity index (χ0n) is 20.5. The standard InChI is InChI=1S/C26H52O4/c1-4-7-10-11-14-17-20-25(29-22-8-5-2)24(27)19-16-13-12-15-18-21-26(28)30-23-9-6-3/h24-25,27H,4-23H2,1-3H3. The molecule has 0 saturated carbocycles. The van der Waals surface area contributed by atoms with Crippen molar-refractivity contribution in [2.45, 2.75) is 149 Å². The normalized spacial score (nSPS) is 13.3. The van der Waals surface area contributed by atoms with Crippen molar-refractivity contribution < 1.29 is 19.4 Å². The van der Waals surface area contributed by atoms with Gasteiger partial charge in [0.25, 0.3) is 0 Å². The Morgan fingerprint density at radius 3 is 1.87 bits per heavy atom. The minimum absolute atomic E-state index is 0.000570. The summed E-state index contributed by atoms with van der Waals surface area (Å²) in [6.45, 7) is 7.85. The van der Waals surface area contributed by atoms with Crippen molar-refractivity contribution in [3.05, 3.63) is 0 Å². The molecule has 30 heavy (non-hydrogen) atoms. The van der Waals surface area contributed by atoms with Crippen molar-refractivity contribution in [3.63, 3.8) is 0 Å². The molecule has 0 heterocycles. The fourth-order valence-corrected chi connectivity index (χ4v) is 3.63. The average Bonchev–Trinajstić information content (AvgIpc) is 2.74. The third-order valence-electron chi connectivity index (χ3n) is 5.74. The predicted molar refractivity (Wildman–Crippen MR) is 127 cm³/mol. The first-order valence-electron chi connectivity index (χ1n) is 13.1. The van der Waals surface area contributed by atoms with Crippen molar-refractivity contribution in [2.75, 3.05) is 13.2 Å². The van der Waals surface area contributed by atoms with Crippen LogP contribution >= 0.6 is 0 Å². The van der Waals surface area contributed by atoms with Crippen LogP contribution in [0.25, 0.3) is 0 Å². The molecule has 2 unspecified atom stereocenters. The van der Waals surface area contributed by atoms with Crippen LogP contribution in [-0.4, -0.2) is 36.5 Å². The number of aliphatic hydroxyl groups is 1. The highest BCUT2D eigenvalue weighted by Crippen LogP contribution is 2.18. The van der Waals surface area contributed by atoms with E-state index in [0.29, 0.717) is 13.0 Å². The number of aliphatic hydroxyl groups excluding tert-OH is 1. The molecule has 0 amide bonds. The summed E-state index contributed by atoms with van der Waals surface area (Å²) in [5.74, 6) is -0.0550. The van der Waals surface area contributed by atoms with Gasteiger partial charge >= 0.3 is 5.97 Å². The van der Waals surface area contributed by atoms with E-state index in [-0.39, 0.29) is 18.2 Å². The second kappa shape index (κ2) is 23.1. The first-order valence-corrected chi connectivity index (χ1v) is 13.1. The number of hydrogen-bond acceptors (Lipinski definition) is 4. The Hall–Kier alpha value is -0.610. The van der Waals surface area contributed by atoms with Crippen LogP contribution in [0, 0.1) is 0 Å². The molecular weight excluding hydrogens is 376 g/mol. The largest absolute Gasteiger partial charge is 0.466 e. The van der Waals surface area contributed by atoms with Gasteiger partial charge in [0.05, 0.1) is 18.8 Å². The second-order valence-electron chi connectivity index (χ2n) is 8.77. The number of hydrogen-bond donors (Lipinski definition) is 1. The maximum atomic E-state index is 11.6. The van der Waals surface area contributed by atoms with Gasteiger partial charge in [0.15, 0.2) is 0 Å². The molecule has 0 spiro atoms. The maximum absolute atomic E-state index is 11.6. The van der Waals surface area contributed by atoms with E-state index in [1.807, 2.05) is 0 Å². The SMILES string of the molecule is CCCCCCCCC(OCCCC)C(O)CCCCCCCC(=O)OCCCC. The molecule has 0 aromatic heterocycles. The summed E-state index contributed by atoms with van der Waals surface area (Å²) < 4.78 is 11.2. The van der Waals surface area contributed by atoms with E-state index in [9.17, 15) is 9.90 Å². The van der Waals surface area contributed by atoms with E-state index in [1.165, 1.54) is 32.1 Å². The maximum Gasteiger partial charge on any atom is 0.305 e. The van der Waals surface area contributed by atoms with Crippen LogP contribution in [0.4, 0.5) is 0 Å². The summed E-state index contributed by atoms with van der Waals surface area (Å²) in [5, 5.41) is 10.6. The van der Waals surface area contributed by atoms with Crippen molar-refractivity contribution in [1.29, 1.82) is 0 Å². The van der Waals surface area contributed by atoms with E-state index in [0.717, 1.165) is 83.7 Å². The van der Waals surface area contributed by atoms with Gasteiger partial charge in [-0.3, -0.25) is 4.79 Å². The van der Waals surface area contributed by atoms with Crippen LogP contribution in [0.15, 0.2) is 0 Å². The van der Waals surface area contributed by atoms with Gasteiger partial charge < -0.3 is 14.6 Å². The molecule has 0 bridgehead atoms. The second-order valence-corrected chi connectivity index (χ2v) is 8.77. The Morgan fingerprint density at radius 2 is 1.20 bits per heavy atom. The Morgan fingerprint density at radius 1 is 0.667 bits per heavy atom. The zero-order chi connectivity index (χ0) is 22.3. The molecule has 2 atom stereocenters. The van der Waals surface area contributed by atoms with Gasteiger partial charge in [-0.05, 0) is 32.1 Å². The van der Waals surface area contributed by atoms with Crippen LogP contribution in [-0.2, 0) is 14.3 Å². The highest BCUT2D eigenvalue weighted by atomic mass is 16.5. The Bertz CT molecular complexity index is 359. The summed E-state index contributed by atoms with van der Waals surface area (Å²) >= 11 is 0. The lowest BCUT2D eigenvalue weighted by atomic mass is 9.99. The number of esters is 1. The van der Waals surface area contributed by atoms with Crippen molar-refractivity contribution in [3.8, 4) is 0 Å². The van der Waals surface area contributed by atoms with Crippen LogP contribution < -0.4 is 0 Å². The highest BCUT2D eigenvalue weighted by Gasteiger charge is 2.19. The van der Waals surface area contributed by atoms with Gasteiger partial charge in [0, 0.05) is 13.0 Å². The van der Waals surface area contributed by atoms with Gasteiger partial charge in [-0.15, -0.1) is 0 Å². The molecular formula is C26H52O4. The molecule has 0 aliphatic carbocycles. The van der Waals surface area contributed by atoms with Crippen LogP contribution in [0.3, 0.4) is 0 Å². The molecule has 0 aliphatic rings. The van der Waals surface area contributed by atoms with Gasteiger partial charge in [0.2, 0.25) is 0 Å². The minimum atomic E-state index is -0.342. The fraction of sp³-hybridized carbons (Fsp3) is 0.962. The molecule has 0 radical (unpaired) electrons. The van der Waals surface area contributed by atoms with Gasteiger partial charge in [-0.25, -0.2) is 0 Å². The number of carbonyl (C=O) groups excluding carboxylic acids is 1. The topological polar surface area (TPSA) is 55.8 Å².